The SMILES string of the molecule is CC1(C)c2ccccc2-c2ccc(N(c3ccccc3)c3ccc(-c4cc5ccccc5c5c4c4cc(-c6ccccc6)ccc4n5-c4ccccc4)cc3)cc21. The molecule has 0 atom stereocenters. The minimum absolute atomic E-state index is 0.0884. The van der Waals surface area contributed by atoms with Gasteiger partial charge in [-0.05, 0) is 117 Å². The first-order valence-corrected chi connectivity index (χ1v) is 19.9. The lowest BCUT2D eigenvalue weighted by Crippen LogP contribution is -2.16. The summed E-state index contributed by atoms with van der Waals surface area (Å²) in [7, 11) is 0. The van der Waals surface area contributed by atoms with Crippen molar-refractivity contribution in [2.45, 2.75) is 19.3 Å². The number of aromatic nitrogens is 1. The summed E-state index contributed by atoms with van der Waals surface area (Å²) < 4.78 is 2.46. The zero-order valence-corrected chi connectivity index (χ0v) is 32.0. The second-order valence-corrected chi connectivity index (χ2v) is 15.8. The van der Waals surface area contributed by atoms with E-state index in [4.69, 9.17) is 0 Å². The van der Waals surface area contributed by atoms with Crippen molar-refractivity contribution in [3.8, 4) is 39.1 Å². The third kappa shape index (κ3) is 5.25. The van der Waals surface area contributed by atoms with Crippen LogP contribution >= 0.6 is 0 Å². The first-order chi connectivity index (χ1) is 28.0. The number of hydrogen-bond donors (Lipinski definition) is 0. The smallest absolute Gasteiger partial charge is 0.0625 e. The maximum absolute atomic E-state index is 2.46. The van der Waals surface area contributed by atoms with Crippen molar-refractivity contribution in [3.05, 3.63) is 217 Å². The number of hydrogen-bond acceptors (Lipinski definition) is 1. The quantitative estimate of drug-likeness (QED) is 0.165. The molecule has 0 saturated heterocycles. The van der Waals surface area contributed by atoms with Gasteiger partial charge in [-0.15, -0.1) is 0 Å². The van der Waals surface area contributed by atoms with E-state index in [1.165, 1.54) is 77.1 Å². The molecule has 1 heterocycles. The molecule has 2 heteroatoms. The van der Waals surface area contributed by atoms with Crippen molar-refractivity contribution in [1.82, 2.24) is 4.57 Å². The van der Waals surface area contributed by atoms with Crippen LogP contribution < -0.4 is 4.90 Å². The van der Waals surface area contributed by atoms with Gasteiger partial charge >= 0.3 is 0 Å². The van der Waals surface area contributed by atoms with Crippen LogP contribution in [0, 0.1) is 0 Å². The molecule has 0 bridgehead atoms. The van der Waals surface area contributed by atoms with E-state index in [2.05, 4.69) is 230 Å². The molecule has 0 aliphatic heterocycles. The van der Waals surface area contributed by atoms with Gasteiger partial charge in [0.1, 0.15) is 0 Å². The average Bonchev–Trinajstić information content (AvgIpc) is 3.73. The Morgan fingerprint density at radius 1 is 0.404 bits per heavy atom. The summed E-state index contributed by atoms with van der Waals surface area (Å²) >= 11 is 0. The molecule has 0 saturated carbocycles. The average molecular weight is 729 g/mol. The fourth-order valence-electron chi connectivity index (χ4n) is 9.41. The Morgan fingerprint density at radius 3 is 1.81 bits per heavy atom. The molecule has 0 fully saturated rings. The maximum Gasteiger partial charge on any atom is 0.0625 e. The molecule has 0 unspecified atom stereocenters. The van der Waals surface area contributed by atoms with E-state index in [0.717, 1.165) is 22.7 Å². The van der Waals surface area contributed by atoms with Crippen LogP contribution in [0.2, 0.25) is 0 Å². The third-order valence-electron chi connectivity index (χ3n) is 12.1. The number of rotatable bonds is 6. The van der Waals surface area contributed by atoms with Crippen LogP contribution in [0.25, 0.3) is 71.6 Å². The highest BCUT2D eigenvalue weighted by molar-refractivity contribution is 6.24. The van der Waals surface area contributed by atoms with Gasteiger partial charge in [0.15, 0.2) is 0 Å². The molecule has 9 aromatic carbocycles. The van der Waals surface area contributed by atoms with Crippen molar-refractivity contribution in [3.63, 3.8) is 0 Å². The Labute approximate surface area is 333 Å². The topological polar surface area (TPSA) is 8.17 Å². The van der Waals surface area contributed by atoms with E-state index >= 15 is 0 Å². The summed E-state index contributed by atoms with van der Waals surface area (Å²) in [5, 5.41) is 4.97. The molecule has 0 amide bonds. The zero-order valence-electron chi connectivity index (χ0n) is 32.0. The van der Waals surface area contributed by atoms with Gasteiger partial charge in [0.05, 0.1) is 11.0 Å². The van der Waals surface area contributed by atoms with Crippen molar-refractivity contribution in [2.24, 2.45) is 0 Å². The van der Waals surface area contributed by atoms with Crippen molar-refractivity contribution < 1.29 is 0 Å². The number of fused-ring (bicyclic) bond motifs is 8. The van der Waals surface area contributed by atoms with Gasteiger partial charge in [-0.25, -0.2) is 0 Å². The van der Waals surface area contributed by atoms with Crippen molar-refractivity contribution >= 4 is 49.6 Å². The molecule has 1 aliphatic rings. The predicted octanol–water partition coefficient (Wildman–Crippen LogP) is 15.0. The highest BCUT2D eigenvalue weighted by Crippen LogP contribution is 2.51. The summed E-state index contributed by atoms with van der Waals surface area (Å²) in [6, 6.07) is 75.6. The van der Waals surface area contributed by atoms with E-state index in [9.17, 15) is 0 Å². The Balaban J connectivity index is 1.12. The fraction of sp³-hybridized carbons (Fsp3) is 0.0545. The summed E-state index contributed by atoms with van der Waals surface area (Å²) in [5.41, 5.74) is 17.1. The molecular formula is C55H40N2. The van der Waals surface area contributed by atoms with Crippen molar-refractivity contribution in [2.75, 3.05) is 4.90 Å². The molecule has 0 spiro atoms. The molecular weight excluding hydrogens is 689 g/mol. The Morgan fingerprint density at radius 2 is 1.02 bits per heavy atom. The highest BCUT2D eigenvalue weighted by Gasteiger charge is 2.35. The number of nitrogens with zero attached hydrogens (tertiary/aromatic N) is 2. The van der Waals surface area contributed by atoms with Crippen LogP contribution in [0.4, 0.5) is 17.1 Å². The highest BCUT2D eigenvalue weighted by atomic mass is 15.1. The monoisotopic (exact) mass is 728 g/mol. The lowest BCUT2D eigenvalue weighted by molar-refractivity contribution is 0.660. The van der Waals surface area contributed by atoms with Gasteiger partial charge in [0.25, 0.3) is 0 Å². The molecule has 1 aromatic heterocycles. The summed E-state index contributed by atoms with van der Waals surface area (Å²) in [6.07, 6.45) is 0. The van der Waals surface area contributed by atoms with Gasteiger partial charge in [-0.3, -0.25) is 0 Å². The maximum atomic E-state index is 2.46. The van der Waals surface area contributed by atoms with Crippen molar-refractivity contribution in [1.29, 1.82) is 0 Å². The molecule has 0 N–H and O–H groups in total. The molecule has 2 nitrogen and oxygen atoms in total. The van der Waals surface area contributed by atoms with E-state index in [-0.39, 0.29) is 5.41 Å². The Kier molecular flexibility index (Phi) is 7.55. The van der Waals surface area contributed by atoms with E-state index < -0.39 is 0 Å². The van der Waals surface area contributed by atoms with E-state index in [0.29, 0.717) is 0 Å². The lowest BCUT2D eigenvalue weighted by atomic mass is 9.82. The molecule has 0 radical (unpaired) electrons. The van der Waals surface area contributed by atoms with Crippen LogP contribution in [-0.4, -0.2) is 4.57 Å². The third-order valence-corrected chi connectivity index (χ3v) is 12.1. The number of anilines is 3. The Hall–Kier alpha value is -7.16. The number of para-hydroxylation sites is 2. The van der Waals surface area contributed by atoms with Crippen LogP contribution in [0.3, 0.4) is 0 Å². The molecule has 57 heavy (non-hydrogen) atoms. The van der Waals surface area contributed by atoms with Crippen LogP contribution in [0.15, 0.2) is 206 Å². The minimum atomic E-state index is -0.0884. The zero-order chi connectivity index (χ0) is 38.1. The van der Waals surface area contributed by atoms with Gasteiger partial charge in [0.2, 0.25) is 0 Å². The van der Waals surface area contributed by atoms with Crippen LogP contribution in [-0.2, 0) is 5.41 Å². The predicted molar refractivity (Wildman–Crippen MR) is 241 cm³/mol. The van der Waals surface area contributed by atoms with Crippen LogP contribution in [0.1, 0.15) is 25.0 Å². The normalized spacial score (nSPS) is 12.9. The van der Waals surface area contributed by atoms with Crippen LogP contribution in [0.5, 0.6) is 0 Å². The summed E-state index contributed by atoms with van der Waals surface area (Å²) in [6.45, 7) is 4.70. The molecule has 1 aliphatic carbocycles. The van der Waals surface area contributed by atoms with E-state index in [1.54, 1.807) is 0 Å². The summed E-state index contributed by atoms with van der Waals surface area (Å²) in [5.74, 6) is 0. The van der Waals surface area contributed by atoms with Gasteiger partial charge in [0, 0.05) is 44.3 Å². The van der Waals surface area contributed by atoms with Gasteiger partial charge < -0.3 is 9.47 Å². The fourth-order valence-corrected chi connectivity index (χ4v) is 9.41. The second-order valence-electron chi connectivity index (χ2n) is 15.8. The first-order valence-electron chi connectivity index (χ1n) is 19.9. The Bertz CT molecular complexity index is 3120. The molecule has 10 aromatic rings. The standard InChI is InChI=1S/C55H40N2/c1-55(2)50-25-15-14-24-46(50)47-32-31-44(36-51(47)55)56(41-19-8-4-9-20-41)43-29-26-38(27-30-43)48-35-40-18-12-13-23-45(40)54-53(48)49-34-39(37-16-6-3-7-17-37)28-33-52(49)57(54)42-21-10-5-11-22-42/h3-36H,1-2H3. The van der Waals surface area contributed by atoms with E-state index in [1.807, 2.05) is 0 Å². The largest absolute Gasteiger partial charge is 0.310 e. The number of benzene rings is 9. The van der Waals surface area contributed by atoms with Gasteiger partial charge in [-0.2, -0.15) is 0 Å². The summed E-state index contributed by atoms with van der Waals surface area (Å²) in [4.78, 5) is 2.40. The lowest BCUT2D eigenvalue weighted by Gasteiger charge is -2.28. The second kappa shape index (κ2) is 13.0. The first kappa shape index (κ1) is 33.2. The van der Waals surface area contributed by atoms with Gasteiger partial charge in [-0.1, -0.05) is 153 Å². The molecule has 11 rings (SSSR count). The molecule has 270 valence electrons. The minimum Gasteiger partial charge on any atom is -0.310 e.